The number of carbonyl (C=O) groups excluding carboxylic acids is 2. The van der Waals surface area contributed by atoms with Crippen LogP contribution in [0.5, 0.6) is 0 Å². The molecule has 25 heavy (non-hydrogen) atoms. The lowest BCUT2D eigenvalue weighted by Gasteiger charge is -2.27. The number of anilines is 1. The standard InChI is InChI=1S/C17H19N3O4S/c1-3-23-17(22)20-7-6-10-12(8-20)25-16-13(10)15(21)18-14(19-16)11-5-4-9(2)24-11/h4-5,14,19H,3,6-8H2,1-2H3,(H,18,21). The molecule has 1 unspecified atom stereocenters. The number of ether oxygens (including phenoxy) is 1. The average molecular weight is 361 g/mol. The molecule has 7 nitrogen and oxygen atoms in total. The summed E-state index contributed by atoms with van der Waals surface area (Å²) in [6.07, 6.45) is -0.0320. The molecule has 0 bridgehead atoms. The monoisotopic (exact) mass is 361 g/mol. The molecule has 0 aliphatic carbocycles. The highest BCUT2D eigenvalue weighted by atomic mass is 32.1. The van der Waals surface area contributed by atoms with Gasteiger partial charge in [-0.3, -0.25) is 4.79 Å². The number of aryl methyl sites for hydroxylation is 1. The van der Waals surface area contributed by atoms with Crippen LogP contribution < -0.4 is 10.6 Å². The van der Waals surface area contributed by atoms with Gasteiger partial charge < -0.3 is 24.7 Å². The first-order chi connectivity index (χ1) is 12.1. The van der Waals surface area contributed by atoms with E-state index < -0.39 is 0 Å². The van der Waals surface area contributed by atoms with E-state index in [1.807, 2.05) is 19.1 Å². The van der Waals surface area contributed by atoms with E-state index in [2.05, 4.69) is 10.6 Å². The van der Waals surface area contributed by atoms with Crippen molar-refractivity contribution in [2.45, 2.75) is 33.0 Å². The van der Waals surface area contributed by atoms with E-state index >= 15 is 0 Å². The lowest BCUT2D eigenvalue weighted by Crippen LogP contribution is -2.39. The highest BCUT2D eigenvalue weighted by Gasteiger charge is 2.35. The van der Waals surface area contributed by atoms with Crippen LogP contribution in [0.15, 0.2) is 16.5 Å². The second kappa shape index (κ2) is 6.11. The zero-order chi connectivity index (χ0) is 17.6. The molecule has 0 fully saturated rings. The van der Waals surface area contributed by atoms with Crippen LogP contribution in [-0.2, 0) is 17.7 Å². The third-order valence-corrected chi connectivity index (χ3v) is 5.55. The Morgan fingerprint density at radius 1 is 1.44 bits per heavy atom. The van der Waals surface area contributed by atoms with Gasteiger partial charge in [0.1, 0.15) is 16.5 Å². The quantitative estimate of drug-likeness (QED) is 0.859. The van der Waals surface area contributed by atoms with Crippen LogP contribution in [0.2, 0.25) is 0 Å². The minimum Gasteiger partial charge on any atom is -0.462 e. The minimum absolute atomic E-state index is 0.102. The Morgan fingerprint density at radius 3 is 3.00 bits per heavy atom. The smallest absolute Gasteiger partial charge is 0.410 e. The SMILES string of the molecule is CCOC(=O)N1CCc2c(sc3c2C(=O)NC(c2ccc(C)o2)N3)C1. The zero-order valence-corrected chi connectivity index (χ0v) is 14.9. The molecule has 132 valence electrons. The van der Waals surface area contributed by atoms with Gasteiger partial charge in [0, 0.05) is 11.4 Å². The number of nitrogens with zero attached hydrogens (tertiary/aromatic N) is 1. The molecule has 1 atom stereocenters. The first kappa shape index (κ1) is 16.0. The summed E-state index contributed by atoms with van der Waals surface area (Å²) in [5.74, 6) is 1.37. The van der Waals surface area contributed by atoms with Gasteiger partial charge in [0.25, 0.3) is 5.91 Å². The summed E-state index contributed by atoms with van der Waals surface area (Å²) in [5, 5.41) is 7.12. The predicted octanol–water partition coefficient (Wildman–Crippen LogP) is 3.02. The van der Waals surface area contributed by atoms with Crippen molar-refractivity contribution in [3.05, 3.63) is 39.7 Å². The Morgan fingerprint density at radius 2 is 2.28 bits per heavy atom. The number of hydrogen-bond donors (Lipinski definition) is 2. The van der Waals surface area contributed by atoms with E-state index in [9.17, 15) is 9.59 Å². The highest BCUT2D eigenvalue weighted by molar-refractivity contribution is 7.16. The number of carbonyl (C=O) groups is 2. The fourth-order valence-electron chi connectivity index (χ4n) is 3.24. The van der Waals surface area contributed by atoms with Crippen molar-refractivity contribution in [3.8, 4) is 0 Å². The molecule has 0 radical (unpaired) electrons. The number of furan rings is 1. The van der Waals surface area contributed by atoms with Gasteiger partial charge in [-0.2, -0.15) is 0 Å². The van der Waals surface area contributed by atoms with Gasteiger partial charge in [0.15, 0.2) is 6.17 Å². The van der Waals surface area contributed by atoms with Crippen molar-refractivity contribution >= 4 is 28.3 Å². The van der Waals surface area contributed by atoms with Gasteiger partial charge in [-0.15, -0.1) is 11.3 Å². The van der Waals surface area contributed by atoms with Gasteiger partial charge >= 0.3 is 6.09 Å². The van der Waals surface area contributed by atoms with Crippen LogP contribution in [0.3, 0.4) is 0 Å². The fraction of sp³-hybridized carbons (Fsp3) is 0.412. The topological polar surface area (TPSA) is 83.8 Å². The Balaban J connectivity index is 1.60. The number of hydrogen-bond acceptors (Lipinski definition) is 6. The number of amides is 2. The molecular formula is C17H19N3O4S. The Hall–Kier alpha value is -2.48. The van der Waals surface area contributed by atoms with E-state index in [1.165, 1.54) is 11.3 Å². The normalized spacial score (nSPS) is 18.9. The van der Waals surface area contributed by atoms with Crippen LogP contribution >= 0.6 is 11.3 Å². The van der Waals surface area contributed by atoms with Crippen molar-refractivity contribution in [2.75, 3.05) is 18.5 Å². The predicted molar refractivity (Wildman–Crippen MR) is 92.7 cm³/mol. The fourth-order valence-corrected chi connectivity index (χ4v) is 4.53. The van der Waals surface area contributed by atoms with Gasteiger partial charge in [0.05, 0.1) is 18.7 Å². The zero-order valence-electron chi connectivity index (χ0n) is 14.0. The first-order valence-corrected chi connectivity index (χ1v) is 9.08. The van der Waals surface area contributed by atoms with E-state index in [0.717, 1.165) is 21.2 Å². The molecule has 2 aromatic heterocycles. The molecule has 0 saturated carbocycles. The van der Waals surface area contributed by atoms with E-state index in [0.29, 0.717) is 37.4 Å². The second-order valence-corrected chi connectivity index (χ2v) is 7.18. The maximum absolute atomic E-state index is 12.6. The molecule has 4 heterocycles. The van der Waals surface area contributed by atoms with E-state index in [4.69, 9.17) is 9.15 Å². The van der Waals surface area contributed by atoms with Crippen LogP contribution in [0, 0.1) is 6.92 Å². The van der Waals surface area contributed by atoms with E-state index in [-0.39, 0.29) is 18.2 Å². The van der Waals surface area contributed by atoms with Crippen LogP contribution in [0.4, 0.5) is 9.80 Å². The largest absolute Gasteiger partial charge is 0.462 e. The molecule has 0 aromatic carbocycles. The Labute approximate surface area is 148 Å². The van der Waals surface area contributed by atoms with Gasteiger partial charge in [-0.25, -0.2) is 4.79 Å². The first-order valence-electron chi connectivity index (χ1n) is 8.26. The van der Waals surface area contributed by atoms with Gasteiger partial charge in [-0.05, 0) is 38.0 Å². The van der Waals surface area contributed by atoms with Gasteiger partial charge in [0.2, 0.25) is 0 Å². The Bertz CT molecular complexity index is 841. The summed E-state index contributed by atoms with van der Waals surface area (Å²) in [5.41, 5.74) is 1.72. The maximum Gasteiger partial charge on any atom is 0.410 e. The third-order valence-electron chi connectivity index (χ3n) is 4.41. The van der Waals surface area contributed by atoms with Crippen molar-refractivity contribution in [3.63, 3.8) is 0 Å². The Kier molecular flexibility index (Phi) is 3.91. The molecule has 2 N–H and O–H groups in total. The van der Waals surface area contributed by atoms with Crippen molar-refractivity contribution in [1.82, 2.24) is 10.2 Å². The summed E-state index contributed by atoms with van der Waals surface area (Å²) in [4.78, 5) is 27.3. The summed E-state index contributed by atoms with van der Waals surface area (Å²) in [7, 11) is 0. The molecule has 2 aliphatic heterocycles. The number of thiophene rings is 1. The summed E-state index contributed by atoms with van der Waals surface area (Å²) in [6, 6.07) is 3.73. The minimum atomic E-state index is -0.380. The summed E-state index contributed by atoms with van der Waals surface area (Å²) in [6.45, 7) is 5.06. The summed E-state index contributed by atoms with van der Waals surface area (Å²) >= 11 is 1.52. The molecule has 2 aromatic rings. The van der Waals surface area contributed by atoms with Crippen LogP contribution in [-0.4, -0.2) is 30.1 Å². The molecule has 4 rings (SSSR count). The number of nitrogens with one attached hydrogen (secondary N) is 2. The number of rotatable bonds is 2. The number of fused-ring (bicyclic) bond motifs is 3. The molecule has 8 heteroatoms. The second-order valence-electron chi connectivity index (χ2n) is 6.08. The van der Waals surface area contributed by atoms with Crippen LogP contribution in [0.1, 0.15) is 45.4 Å². The van der Waals surface area contributed by atoms with E-state index in [1.54, 1.807) is 11.8 Å². The molecular weight excluding hydrogens is 342 g/mol. The van der Waals surface area contributed by atoms with Crippen molar-refractivity contribution in [1.29, 1.82) is 0 Å². The summed E-state index contributed by atoms with van der Waals surface area (Å²) < 4.78 is 10.7. The average Bonchev–Trinajstić information content (AvgIpc) is 3.17. The van der Waals surface area contributed by atoms with Crippen LogP contribution in [0.25, 0.3) is 0 Å². The lowest BCUT2D eigenvalue weighted by molar-refractivity contribution is 0.0929. The molecule has 0 spiro atoms. The van der Waals surface area contributed by atoms with Crippen molar-refractivity contribution < 1.29 is 18.7 Å². The van der Waals surface area contributed by atoms with Crippen molar-refractivity contribution in [2.24, 2.45) is 0 Å². The lowest BCUT2D eigenvalue weighted by atomic mass is 10.0. The molecule has 2 amide bonds. The maximum atomic E-state index is 12.6. The molecule has 0 saturated heterocycles. The third kappa shape index (κ3) is 2.76. The van der Waals surface area contributed by atoms with Gasteiger partial charge in [-0.1, -0.05) is 0 Å². The highest BCUT2D eigenvalue weighted by Crippen LogP contribution is 2.40. The molecule has 2 aliphatic rings.